The van der Waals surface area contributed by atoms with Crippen LogP contribution in [0.1, 0.15) is 12.8 Å². The molecule has 0 fully saturated rings. The van der Waals surface area contributed by atoms with Crippen molar-refractivity contribution in [3.8, 4) is 0 Å². The predicted octanol–water partition coefficient (Wildman–Crippen LogP) is 1.03. The Balaban J connectivity index is 3.12. The lowest BCUT2D eigenvalue weighted by molar-refractivity contribution is -0.134. The van der Waals surface area contributed by atoms with E-state index in [0.29, 0.717) is 6.42 Å². The summed E-state index contributed by atoms with van der Waals surface area (Å²) in [6.07, 6.45) is 1.18. The fourth-order valence-corrected chi connectivity index (χ4v) is 0.655. The maximum atomic E-state index is 10.4. The lowest BCUT2D eigenvalue weighted by Gasteiger charge is -2.06. The summed E-state index contributed by atoms with van der Waals surface area (Å²) in [4.78, 5) is 12.4. The smallest absolute Gasteiger partial charge is 0.324 e. The summed E-state index contributed by atoms with van der Waals surface area (Å²) in [5, 5.41) is 0. The van der Waals surface area contributed by atoms with Gasteiger partial charge in [-0.05, 0) is 27.1 Å². The molecule has 0 aromatic carbocycles. The first-order valence-electron chi connectivity index (χ1n) is 3.13. The van der Waals surface area contributed by atoms with Crippen LogP contribution in [0.2, 0.25) is 0 Å². The molecule has 0 aliphatic heterocycles. The molecule has 0 aliphatic rings. The molecule has 0 spiro atoms. The minimum Gasteiger partial charge on any atom is -0.348 e. The summed E-state index contributed by atoms with van der Waals surface area (Å²) in [6, 6.07) is 0. The quantitative estimate of drug-likeness (QED) is 0.623. The Morgan fingerprint density at radius 2 is 2.20 bits per heavy atom. The Morgan fingerprint density at radius 1 is 1.60 bits per heavy atom. The van der Waals surface area contributed by atoms with Gasteiger partial charge in [0.15, 0.2) is 0 Å². The molecule has 10 heavy (non-hydrogen) atoms. The zero-order valence-electron chi connectivity index (χ0n) is 6.26. The van der Waals surface area contributed by atoms with Gasteiger partial charge in [-0.25, -0.2) is 0 Å². The third kappa shape index (κ3) is 5.85. The highest BCUT2D eigenvalue weighted by molar-refractivity contribution is 6.13. The fourth-order valence-electron chi connectivity index (χ4n) is 0.578. The van der Waals surface area contributed by atoms with Crippen LogP contribution < -0.4 is 0 Å². The van der Waals surface area contributed by atoms with Gasteiger partial charge in [0.05, 0.1) is 0 Å². The van der Waals surface area contributed by atoms with Crippen molar-refractivity contribution in [1.82, 2.24) is 4.90 Å². The molecule has 0 aliphatic carbocycles. The van der Waals surface area contributed by atoms with Gasteiger partial charge in [0.1, 0.15) is 11.9 Å². The molecule has 0 aromatic heterocycles. The summed E-state index contributed by atoms with van der Waals surface area (Å²) >= 11 is 4.80. The van der Waals surface area contributed by atoms with E-state index in [1.807, 2.05) is 19.0 Å². The molecule has 0 heterocycles. The maximum absolute atomic E-state index is 10.4. The summed E-state index contributed by atoms with van der Waals surface area (Å²) in [7, 11) is 3.90. The Bertz CT molecular complexity index is 106. The predicted molar refractivity (Wildman–Crippen MR) is 39.7 cm³/mol. The van der Waals surface area contributed by atoms with E-state index < -0.39 is 0 Å². The van der Waals surface area contributed by atoms with E-state index in [0.717, 1.165) is 13.0 Å². The second-order valence-corrected chi connectivity index (χ2v) is 2.51. The van der Waals surface area contributed by atoms with Gasteiger partial charge in [0.25, 0.3) is 0 Å². The summed E-state index contributed by atoms with van der Waals surface area (Å²) in [6.45, 7) is 0.881. The first-order valence-corrected chi connectivity index (χ1v) is 3.44. The number of carbonyl (C=O) groups excluding carboxylic acids is 1. The Hall–Kier alpha value is -0.280. The lowest BCUT2D eigenvalue weighted by atomic mass is 10.3. The van der Waals surface area contributed by atoms with Crippen LogP contribution in [0.4, 0.5) is 0 Å². The van der Waals surface area contributed by atoms with Crippen LogP contribution in [0.5, 0.6) is 0 Å². The third-order valence-corrected chi connectivity index (χ3v) is 1.24. The van der Waals surface area contributed by atoms with Crippen molar-refractivity contribution in [1.29, 1.82) is 0 Å². The molecule has 0 radical (unpaired) electrons. The number of carbonyl (C=O) groups is 1. The Morgan fingerprint density at radius 3 is 2.60 bits per heavy atom. The molecule has 0 saturated carbocycles. The van der Waals surface area contributed by atoms with Crippen LogP contribution in [-0.4, -0.2) is 31.5 Å². The monoisotopic (exact) mass is 165 g/mol. The van der Waals surface area contributed by atoms with Gasteiger partial charge in [-0.2, -0.15) is 0 Å². The van der Waals surface area contributed by atoms with Gasteiger partial charge in [-0.3, -0.25) is 4.79 Å². The normalized spacial score (nSPS) is 10.0. The van der Waals surface area contributed by atoms with Crippen LogP contribution in [0, 0.1) is 0 Å². The van der Waals surface area contributed by atoms with Crippen LogP contribution >= 0.6 is 11.9 Å². The van der Waals surface area contributed by atoms with Crippen LogP contribution in [-0.2, 0) is 9.08 Å². The maximum Gasteiger partial charge on any atom is 0.324 e. The number of hydrogen-bond donors (Lipinski definition) is 0. The van der Waals surface area contributed by atoms with E-state index in [1.165, 1.54) is 0 Å². The summed E-state index contributed by atoms with van der Waals surface area (Å²) in [5.41, 5.74) is 0. The van der Waals surface area contributed by atoms with Crippen molar-refractivity contribution < 1.29 is 9.08 Å². The average Bonchev–Trinajstić information content (AvgIpc) is 1.87. The van der Waals surface area contributed by atoms with E-state index in [2.05, 4.69) is 4.29 Å². The first kappa shape index (κ1) is 9.72. The van der Waals surface area contributed by atoms with Crippen molar-refractivity contribution in [3.05, 3.63) is 0 Å². The van der Waals surface area contributed by atoms with Gasteiger partial charge >= 0.3 is 5.97 Å². The highest BCUT2D eigenvalue weighted by atomic mass is 35.5. The third-order valence-electron chi connectivity index (χ3n) is 1.07. The summed E-state index contributed by atoms with van der Waals surface area (Å²) in [5.74, 6) is -0.358. The van der Waals surface area contributed by atoms with Gasteiger partial charge in [-0.15, -0.1) is 0 Å². The average molecular weight is 166 g/mol. The van der Waals surface area contributed by atoms with Crippen LogP contribution in [0.15, 0.2) is 0 Å². The van der Waals surface area contributed by atoms with Crippen LogP contribution in [0.3, 0.4) is 0 Å². The molecule has 4 heteroatoms. The molecule has 0 N–H and O–H groups in total. The molecule has 0 amide bonds. The molecule has 0 rings (SSSR count). The zero-order chi connectivity index (χ0) is 7.98. The second-order valence-electron chi connectivity index (χ2n) is 2.36. The van der Waals surface area contributed by atoms with Crippen molar-refractivity contribution in [2.24, 2.45) is 0 Å². The lowest BCUT2D eigenvalue weighted by Crippen LogP contribution is -2.14. The van der Waals surface area contributed by atoms with Crippen molar-refractivity contribution >= 4 is 17.8 Å². The largest absolute Gasteiger partial charge is 0.348 e. The highest BCUT2D eigenvalue weighted by Gasteiger charge is 2.00. The molecular weight excluding hydrogens is 154 g/mol. The van der Waals surface area contributed by atoms with E-state index >= 15 is 0 Å². The molecule has 0 aromatic rings. The van der Waals surface area contributed by atoms with E-state index in [1.54, 1.807) is 0 Å². The minimum atomic E-state index is -0.358. The minimum absolute atomic E-state index is 0.358. The topological polar surface area (TPSA) is 29.5 Å². The van der Waals surface area contributed by atoms with Gasteiger partial charge in [-0.1, -0.05) is 0 Å². The molecule has 0 saturated heterocycles. The van der Waals surface area contributed by atoms with Crippen LogP contribution in [0.25, 0.3) is 0 Å². The SMILES string of the molecule is CN(C)CCCC(=O)OCl. The number of nitrogens with zero attached hydrogens (tertiary/aromatic N) is 1. The molecule has 3 nitrogen and oxygen atoms in total. The second kappa shape index (κ2) is 5.50. The van der Waals surface area contributed by atoms with Gasteiger partial charge in [0, 0.05) is 6.42 Å². The van der Waals surface area contributed by atoms with E-state index in [9.17, 15) is 4.79 Å². The fraction of sp³-hybridized carbons (Fsp3) is 0.833. The Labute approximate surface area is 66.1 Å². The number of rotatable bonds is 4. The molecule has 0 unspecified atom stereocenters. The van der Waals surface area contributed by atoms with Gasteiger partial charge < -0.3 is 9.19 Å². The van der Waals surface area contributed by atoms with Gasteiger partial charge in [0.2, 0.25) is 0 Å². The van der Waals surface area contributed by atoms with Crippen molar-refractivity contribution in [2.45, 2.75) is 12.8 Å². The summed E-state index contributed by atoms with van der Waals surface area (Å²) < 4.78 is 3.95. The molecular formula is C6H12ClNO2. The Kier molecular flexibility index (Phi) is 5.35. The van der Waals surface area contributed by atoms with Crippen molar-refractivity contribution in [3.63, 3.8) is 0 Å². The molecule has 60 valence electrons. The van der Waals surface area contributed by atoms with E-state index in [4.69, 9.17) is 11.9 Å². The number of halogens is 1. The van der Waals surface area contributed by atoms with Crippen molar-refractivity contribution in [2.75, 3.05) is 20.6 Å². The first-order chi connectivity index (χ1) is 4.66. The highest BCUT2D eigenvalue weighted by Crippen LogP contribution is 1.95. The molecule has 0 bridgehead atoms. The standard InChI is InChI=1S/C6H12ClNO2/c1-8(2)5-3-4-6(9)10-7/h3-5H2,1-2H3. The van der Waals surface area contributed by atoms with E-state index in [-0.39, 0.29) is 5.97 Å². The molecule has 0 atom stereocenters. The zero-order valence-corrected chi connectivity index (χ0v) is 7.02. The number of hydrogen-bond acceptors (Lipinski definition) is 3.